The maximum absolute atomic E-state index is 15.3. The summed E-state index contributed by atoms with van der Waals surface area (Å²) < 4.78 is 67.2. The highest BCUT2D eigenvalue weighted by molar-refractivity contribution is 7.99. The molecule has 2 bridgehead atoms. The number of rotatable bonds is 4. The fourth-order valence-electron chi connectivity index (χ4n) is 5.33. The Kier molecular flexibility index (Phi) is 11.0. The molecule has 7 nitrogen and oxygen atoms in total. The van der Waals surface area contributed by atoms with E-state index in [1.54, 1.807) is 38.1 Å². The van der Waals surface area contributed by atoms with E-state index in [0.29, 0.717) is 34.4 Å². The summed E-state index contributed by atoms with van der Waals surface area (Å²) in [6, 6.07) is 11.9. The van der Waals surface area contributed by atoms with Crippen molar-refractivity contribution in [2.45, 2.75) is 63.7 Å². The van der Waals surface area contributed by atoms with Crippen LogP contribution in [0.1, 0.15) is 60.4 Å². The fourth-order valence-corrected chi connectivity index (χ4v) is 6.33. The molecule has 0 amide bonds. The lowest BCUT2D eigenvalue weighted by Crippen LogP contribution is -2.41. The first-order chi connectivity index (χ1) is 21.7. The summed E-state index contributed by atoms with van der Waals surface area (Å²) in [5.41, 5.74) is 13.9. The molecule has 0 fully saturated rings. The SMILES string of the molecule is CN=C1N=C(N)C(C)(c2cccc(CCC(=O)O)c2)CCC(F)(F)CCSCCc2c(C)c(N)cc(F)c2Oc2ccc(F)c1c2. The molecular weight excluding hydrogens is 620 g/mol. The monoisotopic (exact) mass is 658 g/mol. The zero-order chi connectivity index (χ0) is 33.6. The number of carbonyl (C=O) groups is 1. The number of thioether (sulfide) groups is 1. The van der Waals surface area contributed by atoms with Crippen LogP contribution in [0.3, 0.4) is 0 Å². The van der Waals surface area contributed by atoms with E-state index < -0.39 is 41.8 Å². The lowest BCUT2D eigenvalue weighted by molar-refractivity contribution is -0.136. The number of benzene rings is 3. The molecule has 12 heteroatoms. The lowest BCUT2D eigenvalue weighted by atomic mass is 9.75. The van der Waals surface area contributed by atoms with Crippen LogP contribution in [0.2, 0.25) is 0 Å². The molecule has 3 aromatic carbocycles. The molecule has 0 spiro atoms. The predicted molar refractivity (Wildman–Crippen MR) is 176 cm³/mol. The summed E-state index contributed by atoms with van der Waals surface area (Å²) in [7, 11) is 1.39. The first-order valence-electron chi connectivity index (χ1n) is 14.9. The Morgan fingerprint density at radius 2 is 1.83 bits per heavy atom. The number of hydrogen-bond acceptors (Lipinski definition) is 6. The lowest BCUT2D eigenvalue weighted by Gasteiger charge is -2.32. The Labute approximate surface area is 270 Å². The first kappa shape index (κ1) is 34.8. The average Bonchev–Trinajstić information content (AvgIpc) is 3.01. The van der Waals surface area contributed by atoms with E-state index in [1.165, 1.54) is 30.9 Å². The second kappa shape index (κ2) is 14.6. The highest BCUT2D eigenvalue weighted by atomic mass is 32.2. The van der Waals surface area contributed by atoms with Gasteiger partial charge in [-0.2, -0.15) is 11.8 Å². The Morgan fingerprint density at radius 3 is 2.54 bits per heavy atom. The van der Waals surface area contributed by atoms with Crippen LogP contribution in [0.4, 0.5) is 23.2 Å². The van der Waals surface area contributed by atoms with Crippen LogP contribution < -0.4 is 16.2 Å². The highest BCUT2D eigenvalue weighted by Gasteiger charge is 2.38. The van der Waals surface area contributed by atoms with Crippen LogP contribution in [0, 0.1) is 18.6 Å². The van der Waals surface area contributed by atoms with E-state index in [4.69, 9.17) is 21.3 Å². The van der Waals surface area contributed by atoms with Gasteiger partial charge < -0.3 is 21.3 Å². The summed E-state index contributed by atoms with van der Waals surface area (Å²) in [6.07, 6.45) is -0.569. The number of aryl methyl sites for hydroxylation is 1. The summed E-state index contributed by atoms with van der Waals surface area (Å²) in [5, 5.41) is 9.15. The number of carboxylic acids is 1. The van der Waals surface area contributed by atoms with Crippen LogP contribution in [-0.4, -0.2) is 47.2 Å². The van der Waals surface area contributed by atoms with Crippen LogP contribution in [0.5, 0.6) is 11.5 Å². The van der Waals surface area contributed by atoms with E-state index in [-0.39, 0.29) is 59.4 Å². The van der Waals surface area contributed by atoms with Gasteiger partial charge in [-0.15, -0.1) is 0 Å². The number of fused-ring (bicyclic) bond motifs is 3. The number of amidine groups is 2. The van der Waals surface area contributed by atoms with Crippen LogP contribution in [-0.2, 0) is 23.1 Å². The Hall–Kier alpha value is -4.06. The molecule has 0 saturated heterocycles. The third kappa shape index (κ3) is 8.20. The van der Waals surface area contributed by atoms with Gasteiger partial charge >= 0.3 is 5.97 Å². The third-order valence-electron chi connectivity index (χ3n) is 8.35. The van der Waals surface area contributed by atoms with Gasteiger partial charge in [0, 0.05) is 43.6 Å². The minimum absolute atomic E-state index is 0.0790. The van der Waals surface area contributed by atoms with Crippen LogP contribution >= 0.6 is 11.8 Å². The average molecular weight is 659 g/mol. The normalized spacial score (nSPS) is 20.2. The Balaban J connectivity index is 1.84. The Morgan fingerprint density at radius 1 is 1.07 bits per heavy atom. The van der Waals surface area contributed by atoms with Crippen LogP contribution in [0.15, 0.2) is 58.5 Å². The van der Waals surface area contributed by atoms with Crippen molar-refractivity contribution in [3.8, 4) is 11.5 Å². The number of nitrogens with two attached hydrogens (primary N) is 2. The number of hydrogen-bond donors (Lipinski definition) is 3. The molecule has 1 aliphatic rings. The van der Waals surface area contributed by atoms with Gasteiger partial charge in [-0.05, 0) is 79.5 Å². The van der Waals surface area contributed by atoms with Crippen molar-refractivity contribution in [3.05, 3.63) is 88.0 Å². The summed E-state index contributed by atoms with van der Waals surface area (Å²) in [5.74, 6) is -5.00. The van der Waals surface area contributed by atoms with Crippen molar-refractivity contribution < 1.29 is 32.2 Å². The van der Waals surface area contributed by atoms with E-state index >= 15 is 17.6 Å². The molecule has 0 aliphatic carbocycles. The van der Waals surface area contributed by atoms with Crippen molar-refractivity contribution in [2.75, 3.05) is 24.3 Å². The highest BCUT2D eigenvalue weighted by Crippen LogP contribution is 2.38. The quantitative estimate of drug-likeness (QED) is 0.198. The first-order valence-corrected chi connectivity index (χ1v) is 16.0. The molecular formula is C34H38F4N4O3S. The van der Waals surface area contributed by atoms with Crippen molar-refractivity contribution in [1.82, 2.24) is 0 Å². The minimum atomic E-state index is -3.05. The van der Waals surface area contributed by atoms with Crippen molar-refractivity contribution in [3.63, 3.8) is 0 Å². The number of aliphatic imine (C=N–C) groups is 2. The molecule has 5 N–H and O–H groups in total. The molecule has 0 aromatic heterocycles. The molecule has 0 saturated carbocycles. The zero-order valence-corrected chi connectivity index (χ0v) is 26.8. The molecule has 46 heavy (non-hydrogen) atoms. The number of carboxylic acid groups (broad SMARTS) is 1. The number of anilines is 1. The largest absolute Gasteiger partial charge is 0.481 e. The number of aliphatic carboxylic acids is 1. The van der Waals surface area contributed by atoms with Gasteiger partial charge in [0.05, 0.1) is 11.0 Å². The number of nitrogens with zero attached hydrogens (tertiary/aromatic N) is 2. The molecule has 1 atom stereocenters. The topological polar surface area (TPSA) is 123 Å². The molecule has 0 radical (unpaired) electrons. The van der Waals surface area contributed by atoms with Crippen molar-refractivity contribution in [2.24, 2.45) is 15.7 Å². The summed E-state index contributed by atoms with van der Waals surface area (Å²) in [6.45, 7) is 3.41. The summed E-state index contributed by atoms with van der Waals surface area (Å²) >= 11 is 1.31. The smallest absolute Gasteiger partial charge is 0.303 e. The van der Waals surface area contributed by atoms with Crippen LogP contribution in [0.25, 0.3) is 0 Å². The fraction of sp³-hybridized carbons (Fsp3) is 0.382. The Bertz CT molecular complexity index is 1660. The van der Waals surface area contributed by atoms with Crippen molar-refractivity contribution >= 4 is 35.1 Å². The zero-order valence-electron chi connectivity index (χ0n) is 26.0. The number of nitrogen functional groups attached to an aromatic ring is 1. The van der Waals surface area contributed by atoms with Gasteiger partial charge in [0.25, 0.3) is 0 Å². The number of ether oxygens (including phenoxy) is 1. The van der Waals surface area contributed by atoms with Gasteiger partial charge in [0.1, 0.15) is 17.4 Å². The van der Waals surface area contributed by atoms with Gasteiger partial charge in [0.2, 0.25) is 5.92 Å². The van der Waals surface area contributed by atoms with E-state index in [1.807, 2.05) is 0 Å². The third-order valence-corrected chi connectivity index (χ3v) is 9.34. The van der Waals surface area contributed by atoms with Crippen molar-refractivity contribution in [1.29, 1.82) is 0 Å². The maximum Gasteiger partial charge on any atom is 0.303 e. The molecule has 4 rings (SSSR count). The molecule has 1 aliphatic heterocycles. The number of alkyl halides is 2. The molecule has 246 valence electrons. The van der Waals surface area contributed by atoms with E-state index in [0.717, 1.165) is 12.1 Å². The van der Waals surface area contributed by atoms with E-state index in [9.17, 15) is 4.79 Å². The second-order valence-electron chi connectivity index (χ2n) is 11.6. The van der Waals surface area contributed by atoms with Gasteiger partial charge in [-0.3, -0.25) is 9.79 Å². The molecule has 1 unspecified atom stereocenters. The molecule has 3 aromatic rings. The predicted octanol–water partition coefficient (Wildman–Crippen LogP) is 7.45. The van der Waals surface area contributed by atoms with Gasteiger partial charge in [-0.1, -0.05) is 24.3 Å². The second-order valence-corrected chi connectivity index (χ2v) is 12.8. The standard InChI is InChI=1S/C34H38F4N4O3S/c1-20-24-11-15-46-16-14-34(37,38)13-12-33(2,22-6-4-5-21(17-22)7-10-29(43)44)32(40)42-31(41-3)25-18-23(8-9-26(25)35)45-30(24)27(36)19-28(20)39/h4-6,8-9,17-19H,7,10-16,39H2,1-3H3,(H,43,44)(H2,40,41,42). The van der Waals surface area contributed by atoms with E-state index in [2.05, 4.69) is 9.98 Å². The molecule has 1 heterocycles. The minimum Gasteiger partial charge on any atom is -0.481 e. The summed E-state index contributed by atoms with van der Waals surface area (Å²) in [4.78, 5) is 19.8. The number of halogens is 4. The van der Waals surface area contributed by atoms with Gasteiger partial charge in [-0.25, -0.2) is 22.6 Å². The maximum atomic E-state index is 15.3. The van der Waals surface area contributed by atoms with Gasteiger partial charge in [0.15, 0.2) is 17.4 Å².